The van der Waals surface area contributed by atoms with E-state index < -0.39 is 34.4 Å². The van der Waals surface area contributed by atoms with Gasteiger partial charge in [-0.2, -0.15) is 0 Å². The molecule has 3 aromatic rings. The Morgan fingerprint density at radius 2 is 1.53 bits per heavy atom. The first-order valence-corrected chi connectivity index (χ1v) is 14.5. The number of anilines is 1. The predicted octanol–water partition coefficient (Wildman–Crippen LogP) is 6.05. The second kappa shape index (κ2) is 13.0. The summed E-state index contributed by atoms with van der Waals surface area (Å²) < 4.78 is 28.4. The first kappa shape index (κ1) is 30.1. The molecule has 0 unspecified atom stereocenters. The van der Waals surface area contributed by atoms with Crippen molar-refractivity contribution < 1.29 is 18.0 Å². The van der Waals surface area contributed by atoms with Gasteiger partial charge in [0, 0.05) is 33.7 Å². The third-order valence-corrected chi connectivity index (χ3v) is 8.72. The molecule has 0 radical (unpaired) electrons. The van der Waals surface area contributed by atoms with Crippen molar-refractivity contribution in [3.8, 4) is 0 Å². The second-order valence-corrected chi connectivity index (χ2v) is 11.7. The highest BCUT2D eigenvalue weighted by molar-refractivity contribution is 7.92. The lowest BCUT2D eigenvalue weighted by molar-refractivity contribution is -0.139. The number of hydrogen-bond acceptors (Lipinski definition) is 4. The van der Waals surface area contributed by atoms with Crippen molar-refractivity contribution >= 4 is 73.9 Å². The number of hydrogen-bond donors (Lipinski definition) is 1. The second-order valence-electron chi connectivity index (χ2n) is 8.21. The maximum Gasteiger partial charge on any atom is 0.264 e. The van der Waals surface area contributed by atoms with Crippen LogP contribution in [0.3, 0.4) is 0 Å². The molecule has 0 saturated carbocycles. The van der Waals surface area contributed by atoms with E-state index in [1.165, 1.54) is 35.2 Å². The number of sulfonamides is 1. The van der Waals surface area contributed by atoms with Crippen LogP contribution in [0.2, 0.25) is 20.1 Å². The Balaban J connectivity index is 2.09. The van der Waals surface area contributed by atoms with Gasteiger partial charge < -0.3 is 10.2 Å². The Labute approximate surface area is 242 Å². The molecule has 38 heavy (non-hydrogen) atoms. The summed E-state index contributed by atoms with van der Waals surface area (Å²) in [7, 11) is -4.26. The van der Waals surface area contributed by atoms with E-state index in [0.717, 1.165) is 4.31 Å². The Hall–Kier alpha value is -2.49. The van der Waals surface area contributed by atoms with Crippen LogP contribution < -0.4 is 9.62 Å². The van der Waals surface area contributed by atoms with Crippen LogP contribution in [-0.2, 0) is 26.2 Å². The molecule has 0 aliphatic rings. The van der Waals surface area contributed by atoms with Crippen molar-refractivity contribution in [1.82, 2.24) is 10.2 Å². The molecule has 0 spiro atoms. The lowest BCUT2D eigenvalue weighted by atomic mass is 10.1. The minimum Gasteiger partial charge on any atom is -0.355 e. The molecule has 3 aromatic carbocycles. The van der Waals surface area contributed by atoms with Gasteiger partial charge in [-0.05, 0) is 56.3 Å². The third-order valence-electron chi connectivity index (χ3n) is 5.70. The van der Waals surface area contributed by atoms with E-state index in [2.05, 4.69) is 5.32 Å². The zero-order valence-corrected chi connectivity index (χ0v) is 24.3. The lowest BCUT2D eigenvalue weighted by Gasteiger charge is -2.32. The van der Waals surface area contributed by atoms with E-state index in [-0.39, 0.29) is 22.2 Å². The highest BCUT2D eigenvalue weighted by atomic mass is 35.5. The SMILES string of the molecule is CCNC(=O)[C@@H](C)N(Cc1c(Cl)cccc1Cl)C(=O)CN(c1ccc(Cl)cc1Cl)S(=O)(=O)c1ccccc1. The molecule has 1 N–H and O–H groups in total. The van der Waals surface area contributed by atoms with Gasteiger partial charge in [-0.3, -0.25) is 13.9 Å². The first-order valence-electron chi connectivity index (χ1n) is 11.5. The number of amides is 2. The van der Waals surface area contributed by atoms with E-state index in [1.54, 1.807) is 50.2 Å². The molecule has 0 aliphatic heterocycles. The van der Waals surface area contributed by atoms with Crippen LogP contribution >= 0.6 is 46.4 Å². The van der Waals surface area contributed by atoms with Gasteiger partial charge in [0.25, 0.3) is 10.0 Å². The summed E-state index contributed by atoms with van der Waals surface area (Å²) in [5.41, 5.74) is 0.469. The van der Waals surface area contributed by atoms with Crippen molar-refractivity contribution in [3.05, 3.63) is 92.4 Å². The monoisotopic (exact) mass is 615 g/mol. The molecule has 0 aliphatic carbocycles. The Bertz CT molecular complexity index is 1400. The number of carbonyl (C=O) groups excluding carboxylic acids is 2. The molecule has 0 bridgehead atoms. The van der Waals surface area contributed by atoms with Crippen molar-refractivity contribution in [2.45, 2.75) is 31.3 Å². The van der Waals surface area contributed by atoms with Gasteiger partial charge in [0.05, 0.1) is 15.6 Å². The minimum absolute atomic E-state index is 0.0299. The highest BCUT2D eigenvalue weighted by Crippen LogP contribution is 2.33. The molecule has 7 nitrogen and oxygen atoms in total. The largest absolute Gasteiger partial charge is 0.355 e. The van der Waals surface area contributed by atoms with Gasteiger partial charge in [0.2, 0.25) is 11.8 Å². The van der Waals surface area contributed by atoms with Crippen LogP contribution in [0.25, 0.3) is 0 Å². The van der Waals surface area contributed by atoms with E-state index >= 15 is 0 Å². The van der Waals surface area contributed by atoms with Gasteiger partial charge in [0.15, 0.2) is 0 Å². The van der Waals surface area contributed by atoms with Crippen LogP contribution in [0.15, 0.2) is 71.6 Å². The predicted molar refractivity (Wildman–Crippen MR) is 153 cm³/mol. The quantitative estimate of drug-likeness (QED) is 0.300. The molecular weight excluding hydrogens is 592 g/mol. The maximum atomic E-state index is 13.8. The number of likely N-dealkylation sites (N-methyl/N-ethyl adjacent to an activating group) is 1. The summed E-state index contributed by atoms with van der Waals surface area (Å²) in [4.78, 5) is 27.8. The summed E-state index contributed by atoms with van der Waals surface area (Å²) in [6.07, 6.45) is 0. The maximum absolute atomic E-state index is 13.8. The molecule has 12 heteroatoms. The fourth-order valence-corrected chi connectivity index (χ4v) is 6.21. The van der Waals surface area contributed by atoms with Gasteiger partial charge in [-0.25, -0.2) is 8.42 Å². The zero-order valence-electron chi connectivity index (χ0n) is 20.5. The average Bonchev–Trinajstić information content (AvgIpc) is 2.87. The third kappa shape index (κ3) is 6.93. The molecule has 2 amide bonds. The van der Waals surface area contributed by atoms with Crippen molar-refractivity contribution in [1.29, 1.82) is 0 Å². The summed E-state index contributed by atoms with van der Waals surface area (Å²) in [5, 5.41) is 3.61. The number of nitrogens with zero attached hydrogens (tertiary/aromatic N) is 2. The number of carbonyl (C=O) groups is 2. The van der Waals surface area contributed by atoms with Crippen LogP contribution in [0.1, 0.15) is 19.4 Å². The van der Waals surface area contributed by atoms with E-state index in [4.69, 9.17) is 46.4 Å². The lowest BCUT2D eigenvalue weighted by Crippen LogP contribution is -2.51. The molecule has 0 heterocycles. The smallest absolute Gasteiger partial charge is 0.264 e. The zero-order chi connectivity index (χ0) is 28.0. The first-order chi connectivity index (χ1) is 18.0. The van der Waals surface area contributed by atoms with Crippen LogP contribution in [-0.4, -0.2) is 44.3 Å². The Morgan fingerprint density at radius 3 is 2.11 bits per heavy atom. The van der Waals surface area contributed by atoms with Crippen molar-refractivity contribution in [3.63, 3.8) is 0 Å². The van der Waals surface area contributed by atoms with Gasteiger partial charge in [0.1, 0.15) is 12.6 Å². The van der Waals surface area contributed by atoms with Crippen molar-refractivity contribution in [2.24, 2.45) is 0 Å². The van der Waals surface area contributed by atoms with E-state index in [9.17, 15) is 18.0 Å². The standard InChI is InChI=1S/C26H25Cl4N3O4S/c1-3-31-26(35)17(2)32(15-20-21(28)10-7-11-22(20)29)25(34)16-33(24-13-12-18(27)14-23(24)30)38(36,37)19-8-5-4-6-9-19/h4-14,17H,3,15-16H2,1-2H3,(H,31,35)/t17-/m1/s1. The summed E-state index contributed by atoms with van der Waals surface area (Å²) in [5.74, 6) is -1.10. The van der Waals surface area contributed by atoms with Crippen molar-refractivity contribution in [2.75, 3.05) is 17.4 Å². The number of rotatable bonds is 10. The van der Waals surface area contributed by atoms with Gasteiger partial charge in [-0.1, -0.05) is 70.7 Å². The fraction of sp³-hybridized carbons (Fsp3) is 0.231. The molecule has 202 valence electrons. The van der Waals surface area contributed by atoms with Crippen LogP contribution in [0, 0.1) is 0 Å². The Morgan fingerprint density at radius 1 is 0.895 bits per heavy atom. The van der Waals surface area contributed by atoms with Gasteiger partial charge in [-0.15, -0.1) is 0 Å². The van der Waals surface area contributed by atoms with E-state index in [1.807, 2.05) is 0 Å². The number of halogens is 4. The molecule has 3 rings (SSSR count). The molecule has 0 aromatic heterocycles. The number of benzene rings is 3. The molecular formula is C26H25Cl4N3O4S. The number of nitrogens with one attached hydrogen (secondary N) is 1. The summed E-state index contributed by atoms with van der Waals surface area (Å²) in [6, 6.07) is 15.8. The Kier molecular flexibility index (Phi) is 10.3. The van der Waals surface area contributed by atoms with Crippen LogP contribution in [0.5, 0.6) is 0 Å². The molecule has 0 saturated heterocycles. The average molecular weight is 617 g/mol. The normalized spacial score (nSPS) is 12.1. The van der Waals surface area contributed by atoms with E-state index in [0.29, 0.717) is 27.2 Å². The highest BCUT2D eigenvalue weighted by Gasteiger charge is 2.33. The molecule has 0 fully saturated rings. The fourth-order valence-electron chi connectivity index (χ4n) is 3.67. The van der Waals surface area contributed by atoms with Crippen LogP contribution in [0.4, 0.5) is 5.69 Å². The van der Waals surface area contributed by atoms with Gasteiger partial charge >= 0.3 is 0 Å². The molecule has 1 atom stereocenters. The minimum atomic E-state index is -4.26. The topological polar surface area (TPSA) is 86.8 Å². The summed E-state index contributed by atoms with van der Waals surface area (Å²) in [6.45, 7) is 2.83. The summed E-state index contributed by atoms with van der Waals surface area (Å²) >= 11 is 25.1.